The monoisotopic (exact) mass is 505 g/mol. The van der Waals surface area contributed by atoms with Crippen molar-refractivity contribution in [3.05, 3.63) is 47.3 Å². The molecule has 0 bridgehead atoms. The average Bonchev–Trinajstić information content (AvgIpc) is 3.39. The van der Waals surface area contributed by atoms with Gasteiger partial charge in [0.1, 0.15) is 22.6 Å². The SMILES string of the molecule is COc1ccc2c(O)c(C=C3N=Nc4ncccc43)oc2c1CN1CCN(C(=O)OC(C)(C)C)[C@H](C)C1. The van der Waals surface area contributed by atoms with Gasteiger partial charge >= 0.3 is 6.09 Å². The molecule has 0 aliphatic carbocycles. The molecule has 5 rings (SSSR count). The maximum absolute atomic E-state index is 12.6. The summed E-state index contributed by atoms with van der Waals surface area (Å²) >= 11 is 0. The highest BCUT2D eigenvalue weighted by atomic mass is 16.6. The number of aromatic nitrogens is 1. The van der Waals surface area contributed by atoms with Gasteiger partial charge in [0.15, 0.2) is 17.3 Å². The van der Waals surface area contributed by atoms with Gasteiger partial charge in [0.25, 0.3) is 0 Å². The number of furan rings is 1. The van der Waals surface area contributed by atoms with E-state index in [0.29, 0.717) is 60.2 Å². The van der Waals surface area contributed by atoms with Gasteiger partial charge in [0.05, 0.1) is 18.1 Å². The molecule has 0 saturated carbocycles. The summed E-state index contributed by atoms with van der Waals surface area (Å²) in [5, 5.41) is 19.8. The number of hydrogen-bond donors (Lipinski definition) is 1. The fraction of sp³-hybridized carbons (Fsp3) is 0.407. The molecule has 0 unspecified atom stereocenters. The molecule has 2 aliphatic heterocycles. The molecular formula is C27H31N5O5. The molecule has 1 N–H and O–H groups in total. The number of methoxy groups -OCH3 is 1. The fourth-order valence-corrected chi connectivity index (χ4v) is 4.70. The van der Waals surface area contributed by atoms with Crippen molar-refractivity contribution in [2.24, 2.45) is 10.2 Å². The van der Waals surface area contributed by atoms with Gasteiger partial charge in [-0.1, -0.05) is 0 Å². The van der Waals surface area contributed by atoms with Crippen molar-refractivity contribution in [2.45, 2.75) is 45.9 Å². The molecule has 4 heterocycles. The van der Waals surface area contributed by atoms with Crippen LogP contribution in [-0.2, 0) is 11.3 Å². The quantitative estimate of drug-likeness (QED) is 0.492. The van der Waals surface area contributed by atoms with Gasteiger partial charge < -0.3 is 23.9 Å². The van der Waals surface area contributed by atoms with E-state index in [9.17, 15) is 9.90 Å². The van der Waals surface area contributed by atoms with E-state index < -0.39 is 5.60 Å². The van der Waals surface area contributed by atoms with E-state index in [2.05, 4.69) is 20.1 Å². The number of piperazine rings is 1. The molecule has 0 spiro atoms. The summed E-state index contributed by atoms with van der Waals surface area (Å²) in [5.41, 5.74) is 2.18. The van der Waals surface area contributed by atoms with Crippen molar-refractivity contribution in [2.75, 3.05) is 26.7 Å². The smallest absolute Gasteiger partial charge is 0.410 e. The largest absolute Gasteiger partial charge is 0.504 e. The van der Waals surface area contributed by atoms with Gasteiger partial charge in [-0.2, -0.15) is 0 Å². The first-order chi connectivity index (χ1) is 17.6. The summed E-state index contributed by atoms with van der Waals surface area (Å²) in [5.74, 6) is 1.52. The predicted octanol–water partition coefficient (Wildman–Crippen LogP) is 5.58. The topological polar surface area (TPSA) is 113 Å². The summed E-state index contributed by atoms with van der Waals surface area (Å²) in [6.45, 7) is 10.0. The minimum atomic E-state index is -0.538. The fourth-order valence-electron chi connectivity index (χ4n) is 4.70. The van der Waals surface area contributed by atoms with Crippen molar-refractivity contribution in [1.29, 1.82) is 0 Å². The molecule has 10 heteroatoms. The molecule has 10 nitrogen and oxygen atoms in total. The molecule has 1 amide bonds. The lowest BCUT2D eigenvalue weighted by Crippen LogP contribution is -2.54. The van der Waals surface area contributed by atoms with Crippen LogP contribution in [0.25, 0.3) is 22.7 Å². The van der Waals surface area contributed by atoms with Crippen LogP contribution in [0, 0.1) is 0 Å². The Labute approximate surface area is 215 Å². The second kappa shape index (κ2) is 9.51. The number of carbonyl (C=O) groups is 1. The number of nitrogens with zero attached hydrogens (tertiary/aromatic N) is 5. The lowest BCUT2D eigenvalue weighted by Gasteiger charge is -2.40. The summed E-state index contributed by atoms with van der Waals surface area (Å²) in [6.07, 6.45) is 3.03. The van der Waals surface area contributed by atoms with E-state index in [0.717, 1.165) is 11.1 Å². The van der Waals surface area contributed by atoms with Gasteiger partial charge in [0, 0.05) is 50.1 Å². The van der Waals surface area contributed by atoms with Gasteiger partial charge in [-0.15, -0.1) is 10.2 Å². The van der Waals surface area contributed by atoms with Crippen molar-refractivity contribution in [3.63, 3.8) is 0 Å². The number of benzene rings is 1. The lowest BCUT2D eigenvalue weighted by molar-refractivity contribution is 0.000488. The van der Waals surface area contributed by atoms with Crippen LogP contribution in [0.4, 0.5) is 10.6 Å². The van der Waals surface area contributed by atoms with Crippen LogP contribution in [-0.4, -0.2) is 64.4 Å². The van der Waals surface area contributed by atoms with Crippen molar-refractivity contribution in [1.82, 2.24) is 14.8 Å². The Bertz CT molecular complexity index is 1400. The second-order valence-corrected chi connectivity index (χ2v) is 10.3. The molecule has 3 aromatic rings. The Morgan fingerprint density at radius 3 is 2.78 bits per heavy atom. The van der Waals surface area contributed by atoms with E-state index in [1.165, 1.54) is 0 Å². The number of rotatable bonds is 4. The van der Waals surface area contributed by atoms with Crippen LogP contribution in [0.5, 0.6) is 11.5 Å². The molecule has 1 atom stereocenters. The molecule has 194 valence electrons. The lowest BCUT2D eigenvalue weighted by atomic mass is 10.1. The highest BCUT2D eigenvalue weighted by Gasteiger charge is 2.32. The third-order valence-electron chi connectivity index (χ3n) is 6.44. The van der Waals surface area contributed by atoms with Gasteiger partial charge in [-0.05, 0) is 52.0 Å². The average molecular weight is 506 g/mol. The third-order valence-corrected chi connectivity index (χ3v) is 6.44. The van der Waals surface area contributed by atoms with E-state index >= 15 is 0 Å². The molecule has 2 aliphatic rings. The summed E-state index contributed by atoms with van der Waals surface area (Å²) in [6, 6.07) is 7.28. The van der Waals surface area contributed by atoms with Crippen LogP contribution < -0.4 is 4.74 Å². The highest BCUT2D eigenvalue weighted by molar-refractivity contribution is 5.94. The normalized spacial score (nSPS) is 19.0. The van der Waals surface area contributed by atoms with Gasteiger partial charge in [0.2, 0.25) is 0 Å². The molecule has 2 aromatic heterocycles. The molecule has 1 fully saturated rings. The standard InChI is InChI=1S/C27H31N5O5/c1-16-14-31(11-12-32(16)26(34)37-27(2,3)4)15-19-21(35-5)9-8-18-23(33)22(36-24(18)19)13-20-17-7-6-10-28-25(17)30-29-20/h6-10,13,16,33H,11-12,14-15H2,1-5H3/t16-/m1/s1. The Morgan fingerprint density at radius 1 is 1.24 bits per heavy atom. The first-order valence-electron chi connectivity index (χ1n) is 12.3. The number of ether oxygens (including phenoxy) is 2. The van der Waals surface area contributed by atoms with Crippen LogP contribution in [0.15, 0.2) is 45.1 Å². The minimum Gasteiger partial charge on any atom is -0.504 e. The zero-order valence-electron chi connectivity index (χ0n) is 21.7. The molecule has 0 radical (unpaired) electrons. The summed E-state index contributed by atoms with van der Waals surface area (Å²) in [4.78, 5) is 20.8. The highest BCUT2D eigenvalue weighted by Crippen LogP contribution is 2.42. The number of fused-ring (bicyclic) bond motifs is 2. The second-order valence-electron chi connectivity index (χ2n) is 10.3. The van der Waals surface area contributed by atoms with Crippen LogP contribution >= 0.6 is 0 Å². The number of amides is 1. The number of pyridine rings is 1. The first kappa shape index (κ1) is 24.8. The van der Waals surface area contributed by atoms with E-state index in [-0.39, 0.29) is 17.9 Å². The molecule has 37 heavy (non-hydrogen) atoms. The minimum absolute atomic E-state index is 0.0273. The zero-order valence-corrected chi connectivity index (χ0v) is 21.7. The van der Waals surface area contributed by atoms with Crippen LogP contribution in [0.3, 0.4) is 0 Å². The molecule has 1 aromatic carbocycles. The van der Waals surface area contributed by atoms with Crippen molar-refractivity contribution in [3.8, 4) is 11.5 Å². The zero-order chi connectivity index (χ0) is 26.3. The Morgan fingerprint density at radius 2 is 2.05 bits per heavy atom. The Kier molecular flexibility index (Phi) is 6.36. The maximum atomic E-state index is 12.6. The maximum Gasteiger partial charge on any atom is 0.410 e. The van der Waals surface area contributed by atoms with Gasteiger partial charge in [-0.3, -0.25) is 4.90 Å². The van der Waals surface area contributed by atoms with Crippen molar-refractivity contribution >= 4 is 34.7 Å². The number of carbonyl (C=O) groups excluding carboxylic acids is 1. The Hall–Kier alpha value is -3.92. The van der Waals surface area contributed by atoms with E-state index in [4.69, 9.17) is 13.9 Å². The Balaban J connectivity index is 1.41. The molecular weight excluding hydrogens is 474 g/mol. The molecule has 1 saturated heterocycles. The van der Waals surface area contributed by atoms with Crippen LogP contribution in [0.1, 0.15) is 44.6 Å². The predicted molar refractivity (Wildman–Crippen MR) is 139 cm³/mol. The third kappa shape index (κ3) is 4.89. The first-order valence-corrected chi connectivity index (χ1v) is 12.3. The summed E-state index contributed by atoms with van der Waals surface area (Å²) < 4.78 is 17.4. The number of azo groups is 1. The number of hydrogen-bond acceptors (Lipinski definition) is 9. The number of aromatic hydroxyl groups is 1. The van der Waals surface area contributed by atoms with E-state index in [1.807, 2.05) is 45.9 Å². The van der Waals surface area contributed by atoms with Crippen molar-refractivity contribution < 1.29 is 23.8 Å². The van der Waals surface area contributed by atoms with Gasteiger partial charge in [-0.25, -0.2) is 9.78 Å². The van der Waals surface area contributed by atoms with E-state index in [1.54, 1.807) is 30.3 Å². The van der Waals surface area contributed by atoms with Crippen LogP contribution in [0.2, 0.25) is 0 Å². The summed E-state index contributed by atoms with van der Waals surface area (Å²) in [7, 11) is 1.61.